The van der Waals surface area contributed by atoms with Gasteiger partial charge in [0.25, 0.3) is 0 Å². The summed E-state index contributed by atoms with van der Waals surface area (Å²) in [7, 11) is 0. The Morgan fingerprint density at radius 1 is 1.15 bits per heavy atom. The predicted octanol–water partition coefficient (Wildman–Crippen LogP) is 3.61. The lowest BCUT2D eigenvalue weighted by Crippen LogP contribution is -2.40. The van der Waals surface area contributed by atoms with E-state index in [2.05, 4.69) is 15.4 Å². The van der Waals surface area contributed by atoms with Crippen LogP contribution in [0, 0.1) is 12.7 Å². The van der Waals surface area contributed by atoms with Gasteiger partial charge in [-0.15, -0.1) is 0 Å². The van der Waals surface area contributed by atoms with Gasteiger partial charge in [0, 0.05) is 11.4 Å². The van der Waals surface area contributed by atoms with Crippen LogP contribution in [0.4, 0.5) is 16.0 Å². The molecule has 9 heteroatoms. The van der Waals surface area contributed by atoms with E-state index < -0.39 is 23.7 Å². The topological polar surface area (TPSA) is 89.3 Å². The third-order valence-corrected chi connectivity index (χ3v) is 5.41. The number of fused-ring (bicyclic) bond motifs is 1. The van der Waals surface area contributed by atoms with Crippen molar-refractivity contribution in [2.75, 3.05) is 23.4 Å². The average Bonchev–Trinajstić information content (AvgIpc) is 3.25. The van der Waals surface area contributed by atoms with Gasteiger partial charge in [-0.3, -0.25) is 4.79 Å². The minimum absolute atomic E-state index is 0.148. The molecule has 1 atom stereocenters. The van der Waals surface area contributed by atoms with Gasteiger partial charge in [0.15, 0.2) is 0 Å². The number of carbonyl (C=O) groups is 2. The normalized spacial score (nSPS) is 15.3. The van der Waals surface area contributed by atoms with E-state index in [4.69, 9.17) is 4.74 Å². The second-order valence-corrected chi connectivity index (χ2v) is 7.68. The van der Waals surface area contributed by atoms with E-state index in [1.165, 1.54) is 24.5 Å². The number of hydrogen-bond acceptors (Lipinski definition) is 6. The summed E-state index contributed by atoms with van der Waals surface area (Å²) in [6.45, 7) is 5.53. The number of carbonyl (C=O) groups excluding carboxylic acids is 2. The van der Waals surface area contributed by atoms with Gasteiger partial charge >= 0.3 is 5.97 Å². The van der Waals surface area contributed by atoms with Crippen molar-refractivity contribution in [3.8, 4) is 0 Å². The summed E-state index contributed by atoms with van der Waals surface area (Å²) >= 11 is 0. The molecule has 1 amide bonds. The molecule has 2 aromatic carbocycles. The highest BCUT2D eigenvalue weighted by molar-refractivity contribution is 5.96. The number of nitrogens with zero attached hydrogens (tertiary/aromatic N) is 4. The molecule has 0 aliphatic carbocycles. The largest absolute Gasteiger partial charge is 0.463 e. The van der Waals surface area contributed by atoms with Crippen molar-refractivity contribution in [1.82, 2.24) is 14.8 Å². The molecule has 1 unspecified atom stereocenters. The smallest absolute Gasteiger partial charge is 0.338 e. The van der Waals surface area contributed by atoms with Crippen molar-refractivity contribution in [2.24, 2.45) is 0 Å². The number of ether oxygens (including phenoxy) is 1. The molecule has 3 aromatic rings. The van der Waals surface area contributed by atoms with Gasteiger partial charge in [-0.1, -0.05) is 35.9 Å². The first-order valence-electron chi connectivity index (χ1n) is 10.6. The van der Waals surface area contributed by atoms with E-state index in [0.717, 1.165) is 11.1 Å². The molecule has 0 saturated heterocycles. The maximum absolute atomic E-state index is 13.5. The molecule has 0 spiro atoms. The maximum Gasteiger partial charge on any atom is 0.338 e. The third kappa shape index (κ3) is 4.48. The van der Waals surface area contributed by atoms with E-state index in [9.17, 15) is 14.0 Å². The fraction of sp³-hybridized carbons (Fsp3) is 0.250. The number of nitrogens with one attached hydrogen (secondary N) is 1. The second kappa shape index (κ2) is 9.23. The molecule has 33 heavy (non-hydrogen) atoms. The van der Waals surface area contributed by atoms with E-state index in [1.54, 1.807) is 29.5 Å². The van der Waals surface area contributed by atoms with Crippen molar-refractivity contribution in [3.63, 3.8) is 0 Å². The summed E-state index contributed by atoms with van der Waals surface area (Å²) in [5.74, 6) is -0.920. The zero-order chi connectivity index (χ0) is 23.5. The molecule has 0 bridgehead atoms. The number of amides is 1. The first-order chi connectivity index (χ1) is 15.9. The molecule has 1 aliphatic rings. The van der Waals surface area contributed by atoms with Crippen LogP contribution in [0.25, 0.3) is 0 Å². The van der Waals surface area contributed by atoms with Crippen molar-refractivity contribution in [1.29, 1.82) is 0 Å². The van der Waals surface area contributed by atoms with E-state index in [0.29, 0.717) is 22.9 Å². The third-order valence-electron chi connectivity index (χ3n) is 5.41. The number of allylic oxidation sites excluding steroid dienone is 1. The zero-order valence-electron chi connectivity index (χ0n) is 18.6. The SMILES string of the molecule is CCOC(=O)C1=C(C)N(CC(=O)Nc2cccc(F)c2)c2ncnn2C1c1ccc(C)cc1. The molecule has 0 fully saturated rings. The van der Waals surface area contributed by atoms with E-state index >= 15 is 0 Å². The lowest BCUT2D eigenvalue weighted by molar-refractivity contribution is -0.139. The molecule has 0 radical (unpaired) electrons. The number of benzene rings is 2. The van der Waals surface area contributed by atoms with E-state index in [1.807, 2.05) is 31.2 Å². The highest BCUT2D eigenvalue weighted by atomic mass is 19.1. The minimum atomic E-state index is -0.551. The predicted molar refractivity (Wildman–Crippen MR) is 121 cm³/mol. The fourth-order valence-corrected chi connectivity index (χ4v) is 3.86. The Labute approximate surface area is 190 Å². The average molecular weight is 449 g/mol. The minimum Gasteiger partial charge on any atom is -0.463 e. The first-order valence-corrected chi connectivity index (χ1v) is 10.6. The summed E-state index contributed by atoms with van der Waals surface area (Å²) in [5.41, 5.74) is 3.18. The van der Waals surface area contributed by atoms with Crippen LogP contribution < -0.4 is 10.2 Å². The first kappa shape index (κ1) is 22.2. The molecule has 0 saturated carbocycles. The van der Waals surface area contributed by atoms with Gasteiger partial charge in [0.2, 0.25) is 11.9 Å². The molecule has 4 rings (SSSR count). The monoisotopic (exact) mass is 449 g/mol. The maximum atomic E-state index is 13.5. The van der Waals surface area contributed by atoms with Crippen LogP contribution in [0.15, 0.2) is 66.1 Å². The van der Waals surface area contributed by atoms with Crippen LogP contribution in [-0.2, 0) is 14.3 Å². The van der Waals surface area contributed by atoms with Gasteiger partial charge in [-0.05, 0) is 44.5 Å². The second-order valence-electron chi connectivity index (χ2n) is 7.68. The van der Waals surface area contributed by atoms with Crippen LogP contribution in [-0.4, -0.2) is 39.8 Å². The Hall–Kier alpha value is -4.01. The van der Waals surface area contributed by atoms with Gasteiger partial charge in [-0.2, -0.15) is 10.1 Å². The standard InChI is InChI=1S/C24H24FN5O3/c1-4-33-23(32)21-16(3)29(13-20(31)28-19-7-5-6-18(25)12-19)24-26-14-27-30(24)22(21)17-10-8-15(2)9-11-17/h5-12,14,22H,4,13H2,1-3H3,(H,28,31). The zero-order valence-corrected chi connectivity index (χ0v) is 18.6. The van der Waals surface area contributed by atoms with Gasteiger partial charge in [0.1, 0.15) is 24.7 Å². The number of aryl methyl sites for hydroxylation is 1. The van der Waals surface area contributed by atoms with E-state index in [-0.39, 0.29) is 13.2 Å². The molecule has 1 N–H and O–H groups in total. The van der Waals surface area contributed by atoms with Crippen molar-refractivity contribution >= 4 is 23.5 Å². The van der Waals surface area contributed by atoms with Crippen molar-refractivity contribution in [2.45, 2.75) is 26.8 Å². The van der Waals surface area contributed by atoms with Gasteiger partial charge in [-0.25, -0.2) is 13.9 Å². The molecule has 8 nitrogen and oxygen atoms in total. The van der Waals surface area contributed by atoms with Crippen LogP contribution in [0.3, 0.4) is 0 Å². The number of anilines is 2. The molecule has 170 valence electrons. The molecule has 1 aliphatic heterocycles. The summed E-state index contributed by atoms with van der Waals surface area (Å²) in [4.78, 5) is 31.8. The Morgan fingerprint density at radius 2 is 1.91 bits per heavy atom. The fourth-order valence-electron chi connectivity index (χ4n) is 3.86. The van der Waals surface area contributed by atoms with Crippen molar-refractivity contribution in [3.05, 3.63) is 83.1 Å². The quantitative estimate of drug-likeness (QED) is 0.579. The lowest BCUT2D eigenvalue weighted by Gasteiger charge is -2.35. The Morgan fingerprint density at radius 3 is 2.61 bits per heavy atom. The molecular weight excluding hydrogens is 425 g/mol. The number of esters is 1. The summed E-state index contributed by atoms with van der Waals surface area (Å²) in [6.07, 6.45) is 1.38. The highest BCUT2D eigenvalue weighted by Gasteiger charge is 2.38. The summed E-state index contributed by atoms with van der Waals surface area (Å²) < 4.78 is 20.5. The number of halogens is 1. The van der Waals surface area contributed by atoms with Gasteiger partial charge < -0.3 is 15.0 Å². The summed E-state index contributed by atoms with van der Waals surface area (Å²) in [5, 5.41) is 7.03. The van der Waals surface area contributed by atoms with Gasteiger partial charge in [0.05, 0.1) is 12.2 Å². The Kier molecular flexibility index (Phi) is 6.21. The van der Waals surface area contributed by atoms with Crippen LogP contribution >= 0.6 is 0 Å². The highest BCUT2D eigenvalue weighted by Crippen LogP contribution is 2.38. The lowest BCUT2D eigenvalue weighted by atomic mass is 9.94. The van der Waals surface area contributed by atoms with Crippen molar-refractivity contribution < 1.29 is 18.7 Å². The molecule has 2 heterocycles. The number of aromatic nitrogens is 3. The van der Waals surface area contributed by atoms with Crippen LogP contribution in [0.5, 0.6) is 0 Å². The Bertz CT molecular complexity index is 1220. The Balaban J connectivity index is 1.73. The summed E-state index contributed by atoms with van der Waals surface area (Å²) in [6, 6.07) is 12.9. The molecule has 1 aromatic heterocycles. The van der Waals surface area contributed by atoms with Crippen LogP contribution in [0.1, 0.15) is 31.0 Å². The van der Waals surface area contributed by atoms with Crippen LogP contribution in [0.2, 0.25) is 0 Å². The number of rotatable bonds is 6. The molecular formula is C24H24FN5O3. The number of hydrogen-bond donors (Lipinski definition) is 1.